The second kappa shape index (κ2) is 61.1. The standard InChI is InChI=1S/C65H127NO5/c1-3-5-7-9-11-13-15-17-31-35-39-43-47-51-55-59-65(70)71-60-56-52-48-44-40-36-33-30-28-26-24-22-20-18-19-21-23-25-27-29-32-34-38-42-46-50-54-58-64(69)66-62(61-67)63(68)57-53-49-45-41-37-16-14-12-10-8-6-4-2/h18-19,62-63,67-68H,3-17,20-61H2,1-2H3,(H,66,69)/b19-18-. The van der Waals surface area contributed by atoms with Gasteiger partial charge in [-0.15, -0.1) is 0 Å². The summed E-state index contributed by atoms with van der Waals surface area (Å²) in [6.45, 7) is 4.98. The van der Waals surface area contributed by atoms with E-state index in [1.165, 1.54) is 295 Å². The van der Waals surface area contributed by atoms with Gasteiger partial charge in [-0.3, -0.25) is 9.59 Å². The van der Waals surface area contributed by atoms with Crippen LogP contribution < -0.4 is 5.32 Å². The fourth-order valence-corrected chi connectivity index (χ4v) is 10.3. The van der Waals surface area contributed by atoms with Crippen molar-refractivity contribution in [3.63, 3.8) is 0 Å². The third kappa shape index (κ3) is 57.7. The predicted molar refractivity (Wildman–Crippen MR) is 310 cm³/mol. The van der Waals surface area contributed by atoms with E-state index in [9.17, 15) is 19.8 Å². The Morgan fingerprint density at radius 3 is 1.00 bits per heavy atom. The Morgan fingerprint density at radius 1 is 0.380 bits per heavy atom. The predicted octanol–water partition coefficient (Wildman–Crippen LogP) is 20.4. The first-order valence-electron chi connectivity index (χ1n) is 32.4. The molecule has 0 aromatic rings. The molecular weight excluding hydrogens is 875 g/mol. The smallest absolute Gasteiger partial charge is 0.305 e. The fraction of sp³-hybridized carbons (Fsp3) is 0.938. The number of allylic oxidation sites excluding steroid dienone is 2. The maximum Gasteiger partial charge on any atom is 0.305 e. The van der Waals surface area contributed by atoms with Gasteiger partial charge in [0.15, 0.2) is 0 Å². The summed E-state index contributed by atoms with van der Waals surface area (Å²) in [4.78, 5) is 24.5. The molecule has 0 aromatic carbocycles. The number of carbonyl (C=O) groups excluding carboxylic acids is 2. The molecule has 1 amide bonds. The number of aliphatic hydroxyl groups excluding tert-OH is 2. The van der Waals surface area contributed by atoms with Crippen molar-refractivity contribution in [1.82, 2.24) is 5.32 Å². The van der Waals surface area contributed by atoms with E-state index in [1.807, 2.05) is 0 Å². The summed E-state index contributed by atoms with van der Waals surface area (Å²) in [5.41, 5.74) is 0. The van der Waals surface area contributed by atoms with Crippen molar-refractivity contribution in [2.45, 2.75) is 379 Å². The fourth-order valence-electron chi connectivity index (χ4n) is 10.3. The second-order valence-corrected chi connectivity index (χ2v) is 22.5. The van der Waals surface area contributed by atoms with Crippen LogP contribution >= 0.6 is 0 Å². The highest BCUT2D eigenvalue weighted by molar-refractivity contribution is 5.76. The van der Waals surface area contributed by atoms with Crippen LogP contribution in [0.4, 0.5) is 0 Å². The first-order valence-corrected chi connectivity index (χ1v) is 32.4. The minimum atomic E-state index is -0.663. The van der Waals surface area contributed by atoms with E-state index in [-0.39, 0.29) is 18.5 Å². The van der Waals surface area contributed by atoms with Gasteiger partial charge in [-0.1, -0.05) is 315 Å². The average molecular weight is 1000 g/mol. The maximum atomic E-state index is 12.5. The number of nitrogens with one attached hydrogen (secondary N) is 1. The van der Waals surface area contributed by atoms with Crippen LogP contribution in [0, 0.1) is 0 Å². The van der Waals surface area contributed by atoms with Crippen LogP contribution in [0.5, 0.6) is 0 Å². The maximum absolute atomic E-state index is 12.5. The number of carbonyl (C=O) groups is 2. The normalized spacial score (nSPS) is 12.6. The number of ether oxygens (including phenoxy) is 1. The lowest BCUT2D eigenvalue weighted by Crippen LogP contribution is -2.45. The average Bonchev–Trinajstić information content (AvgIpc) is 3.37. The van der Waals surface area contributed by atoms with Gasteiger partial charge < -0.3 is 20.3 Å². The molecule has 0 rings (SSSR count). The molecule has 0 radical (unpaired) electrons. The van der Waals surface area contributed by atoms with Crippen molar-refractivity contribution < 1.29 is 24.5 Å². The van der Waals surface area contributed by atoms with E-state index in [4.69, 9.17) is 4.74 Å². The Kier molecular flexibility index (Phi) is 59.9. The summed E-state index contributed by atoms with van der Waals surface area (Å²) in [7, 11) is 0. The summed E-state index contributed by atoms with van der Waals surface area (Å²) in [5.74, 6) is -0.0158. The highest BCUT2D eigenvalue weighted by Crippen LogP contribution is 2.18. The lowest BCUT2D eigenvalue weighted by Gasteiger charge is -2.22. The third-order valence-electron chi connectivity index (χ3n) is 15.3. The van der Waals surface area contributed by atoms with Crippen molar-refractivity contribution in [2.75, 3.05) is 13.2 Å². The number of amides is 1. The van der Waals surface area contributed by atoms with E-state index in [0.29, 0.717) is 25.9 Å². The molecule has 0 bridgehead atoms. The molecule has 0 aliphatic heterocycles. The molecule has 71 heavy (non-hydrogen) atoms. The zero-order valence-electron chi connectivity index (χ0n) is 48.2. The Labute approximate surface area is 444 Å². The van der Waals surface area contributed by atoms with E-state index >= 15 is 0 Å². The first kappa shape index (κ1) is 69.6. The quantitative estimate of drug-likeness (QED) is 0.0320. The Balaban J connectivity index is 3.35. The largest absolute Gasteiger partial charge is 0.466 e. The SMILES string of the molecule is CCCCCCCCCCCCCCCCCC(=O)OCCCCCCCCCCCCCC/C=C\CCCCCCCCCCCCCC(=O)NC(CO)C(O)CCCCCCCCCCCCCC. The molecule has 2 atom stereocenters. The molecule has 3 N–H and O–H groups in total. The topological polar surface area (TPSA) is 95.9 Å². The molecule has 0 aliphatic rings. The molecule has 6 heteroatoms. The lowest BCUT2D eigenvalue weighted by atomic mass is 10.0. The summed E-state index contributed by atoms with van der Waals surface area (Å²) < 4.78 is 5.49. The van der Waals surface area contributed by atoms with Gasteiger partial charge in [0.1, 0.15) is 0 Å². The molecule has 0 heterocycles. The van der Waals surface area contributed by atoms with Crippen molar-refractivity contribution in [3.8, 4) is 0 Å². The number of rotatable bonds is 61. The molecule has 0 aromatic heterocycles. The molecule has 0 saturated heterocycles. The Bertz CT molecular complexity index is 1060. The monoisotopic (exact) mass is 1000 g/mol. The molecule has 2 unspecified atom stereocenters. The first-order chi connectivity index (χ1) is 35.0. The Morgan fingerprint density at radius 2 is 0.662 bits per heavy atom. The van der Waals surface area contributed by atoms with Crippen LogP contribution in [0.3, 0.4) is 0 Å². The highest BCUT2D eigenvalue weighted by Gasteiger charge is 2.20. The minimum Gasteiger partial charge on any atom is -0.466 e. The van der Waals surface area contributed by atoms with Crippen LogP contribution in [0.1, 0.15) is 367 Å². The van der Waals surface area contributed by atoms with Gasteiger partial charge in [-0.05, 0) is 51.4 Å². The van der Waals surface area contributed by atoms with Crippen molar-refractivity contribution in [3.05, 3.63) is 12.2 Å². The molecule has 0 aliphatic carbocycles. The van der Waals surface area contributed by atoms with Crippen LogP contribution in [-0.4, -0.2) is 47.4 Å². The number of esters is 1. The van der Waals surface area contributed by atoms with E-state index in [2.05, 4.69) is 31.3 Å². The summed E-state index contributed by atoms with van der Waals surface area (Å²) in [6, 6.07) is -0.540. The number of hydrogen-bond donors (Lipinski definition) is 3. The zero-order valence-corrected chi connectivity index (χ0v) is 48.2. The van der Waals surface area contributed by atoms with Gasteiger partial charge in [-0.2, -0.15) is 0 Å². The number of hydrogen-bond acceptors (Lipinski definition) is 5. The van der Waals surface area contributed by atoms with E-state index in [1.54, 1.807) is 0 Å². The van der Waals surface area contributed by atoms with Crippen LogP contribution in [0.25, 0.3) is 0 Å². The third-order valence-corrected chi connectivity index (χ3v) is 15.3. The second-order valence-electron chi connectivity index (χ2n) is 22.5. The van der Waals surface area contributed by atoms with Crippen LogP contribution in [0.2, 0.25) is 0 Å². The minimum absolute atomic E-state index is 0.0187. The van der Waals surface area contributed by atoms with Gasteiger partial charge in [0.05, 0.1) is 25.4 Å². The molecule has 0 fully saturated rings. The molecule has 0 saturated carbocycles. The van der Waals surface area contributed by atoms with E-state index in [0.717, 1.165) is 38.5 Å². The van der Waals surface area contributed by atoms with Crippen molar-refractivity contribution in [2.24, 2.45) is 0 Å². The highest BCUT2D eigenvalue weighted by atomic mass is 16.5. The zero-order chi connectivity index (χ0) is 51.4. The van der Waals surface area contributed by atoms with Gasteiger partial charge in [0.25, 0.3) is 0 Å². The summed E-state index contributed by atoms with van der Waals surface area (Å²) in [6.07, 6.45) is 73.8. The molecule has 0 spiro atoms. The van der Waals surface area contributed by atoms with Gasteiger partial charge in [0.2, 0.25) is 5.91 Å². The van der Waals surface area contributed by atoms with Crippen LogP contribution in [-0.2, 0) is 14.3 Å². The van der Waals surface area contributed by atoms with Crippen molar-refractivity contribution >= 4 is 11.9 Å². The number of unbranched alkanes of at least 4 members (excludes halogenated alkanes) is 48. The van der Waals surface area contributed by atoms with Gasteiger partial charge >= 0.3 is 5.97 Å². The van der Waals surface area contributed by atoms with Crippen LogP contribution in [0.15, 0.2) is 12.2 Å². The van der Waals surface area contributed by atoms with Crippen molar-refractivity contribution in [1.29, 1.82) is 0 Å². The molecule has 422 valence electrons. The summed E-state index contributed by atoms with van der Waals surface area (Å²) >= 11 is 0. The number of aliphatic hydroxyl groups is 2. The molecular formula is C65H127NO5. The van der Waals surface area contributed by atoms with Gasteiger partial charge in [-0.25, -0.2) is 0 Å². The molecule has 6 nitrogen and oxygen atoms in total. The van der Waals surface area contributed by atoms with Gasteiger partial charge in [0, 0.05) is 12.8 Å². The Hall–Kier alpha value is -1.40. The lowest BCUT2D eigenvalue weighted by molar-refractivity contribution is -0.143. The summed E-state index contributed by atoms with van der Waals surface area (Å²) in [5, 5.41) is 23.2. The van der Waals surface area contributed by atoms with E-state index < -0.39 is 12.1 Å².